The van der Waals surface area contributed by atoms with Crippen molar-refractivity contribution < 1.29 is 4.42 Å². The van der Waals surface area contributed by atoms with Crippen LogP contribution in [0.2, 0.25) is 0 Å². The fraction of sp³-hybridized carbons (Fsp3) is 0.368. The molecule has 0 unspecified atom stereocenters. The smallest absolute Gasteiger partial charge is 0.336 e. The zero-order chi connectivity index (χ0) is 18.7. The molecule has 3 rings (SSSR count). The number of fused-ring (bicyclic) bond motifs is 1. The minimum Gasteiger partial charge on any atom is -0.423 e. The summed E-state index contributed by atoms with van der Waals surface area (Å²) in [5.41, 5.74) is 5.43. The minimum absolute atomic E-state index is 0.0581. The Balaban J connectivity index is 1.88. The molecule has 1 saturated heterocycles. The first kappa shape index (κ1) is 17.7. The number of likely N-dealkylation sites (tertiary alicyclic amines) is 1. The van der Waals surface area contributed by atoms with Crippen molar-refractivity contribution in [1.82, 2.24) is 4.90 Å². The van der Waals surface area contributed by atoms with E-state index in [0.29, 0.717) is 11.3 Å². The van der Waals surface area contributed by atoms with Crippen LogP contribution in [0, 0.1) is 30.6 Å². The minimum atomic E-state index is -0.380. The van der Waals surface area contributed by atoms with E-state index in [2.05, 4.69) is 10.5 Å². The largest absolute Gasteiger partial charge is 0.423 e. The van der Waals surface area contributed by atoms with Crippen LogP contribution in [0.1, 0.15) is 30.4 Å². The molecule has 0 atom stereocenters. The summed E-state index contributed by atoms with van der Waals surface area (Å²) in [6.07, 6.45) is 3.22. The van der Waals surface area contributed by atoms with Crippen molar-refractivity contribution in [1.29, 1.82) is 10.7 Å². The molecule has 1 aromatic heterocycles. The topological polar surface area (TPSA) is 105 Å². The molecule has 0 saturated carbocycles. The number of nitrogens with one attached hydrogen (secondary N) is 2. The van der Waals surface area contributed by atoms with Gasteiger partial charge in [0, 0.05) is 24.5 Å². The van der Waals surface area contributed by atoms with E-state index in [-0.39, 0.29) is 17.2 Å². The molecule has 0 radical (unpaired) electrons. The van der Waals surface area contributed by atoms with Crippen molar-refractivity contribution in [2.45, 2.75) is 33.1 Å². The molecule has 2 N–H and O–H groups in total. The second-order valence-corrected chi connectivity index (χ2v) is 6.49. The number of piperidine rings is 1. The van der Waals surface area contributed by atoms with Gasteiger partial charge in [-0.3, -0.25) is 10.8 Å². The molecule has 1 aliphatic rings. The number of aryl methyl sites for hydroxylation is 2. The van der Waals surface area contributed by atoms with Crippen LogP contribution < -0.4 is 11.1 Å². The third kappa shape index (κ3) is 3.59. The molecule has 2 aromatic rings. The van der Waals surface area contributed by atoms with Gasteiger partial charge in [-0.1, -0.05) is 0 Å². The Morgan fingerprint density at radius 3 is 2.65 bits per heavy atom. The van der Waals surface area contributed by atoms with Gasteiger partial charge in [0.05, 0.1) is 5.69 Å². The van der Waals surface area contributed by atoms with E-state index in [4.69, 9.17) is 9.83 Å². The number of hydrogen-bond acceptors (Lipinski definition) is 6. The predicted molar refractivity (Wildman–Crippen MR) is 102 cm³/mol. The lowest BCUT2D eigenvalue weighted by molar-refractivity contribution is 0.344. The number of amidine groups is 1. The second-order valence-electron chi connectivity index (χ2n) is 6.49. The molecule has 1 fully saturated rings. The van der Waals surface area contributed by atoms with Crippen molar-refractivity contribution in [3.05, 3.63) is 39.7 Å². The third-order valence-electron chi connectivity index (χ3n) is 4.59. The van der Waals surface area contributed by atoms with Gasteiger partial charge >= 0.3 is 5.63 Å². The molecular weight excluding hydrogens is 330 g/mol. The number of nitriles is 1. The molecule has 26 heavy (non-hydrogen) atoms. The van der Waals surface area contributed by atoms with Gasteiger partial charge in [0.2, 0.25) is 5.71 Å². The van der Waals surface area contributed by atoms with E-state index in [1.54, 1.807) is 6.07 Å². The highest BCUT2D eigenvalue weighted by atomic mass is 16.4. The summed E-state index contributed by atoms with van der Waals surface area (Å²) in [5, 5.41) is 22.6. The molecule has 0 aliphatic carbocycles. The highest BCUT2D eigenvalue weighted by Gasteiger charge is 2.18. The van der Waals surface area contributed by atoms with E-state index >= 15 is 0 Å². The Hall–Kier alpha value is -3.14. The van der Waals surface area contributed by atoms with E-state index in [1.807, 2.05) is 30.9 Å². The van der Waals surface area contributed by atoms with Gasteiger partial charge in [-0.05, 0) is 56.4 Å². The Bertz CT molecular complexity index is 978. The van der Waals surface area contributed by atoms with Gasteiger partial charge in [-0.2, -0.15) is 10.4 Å². The van der Waals surface area contributed by atoms with Crippen LogP contribution in [0.5, 0.6) is 0 Å². The van der Waals surface area contributed by atoms with Crippen LogP contribution in [0.3, 0.4) is 0 Å². The van der Waals surface area contributed by atoms with E-state index < -0.39 is 0 Å². The quantitative estimate of drug-likeness (QED) is 0.382. The normalized spacial score (nSPS) is 15.0. The highest BCUT2D eigenvalue weighted by molar-refractivity contribution is 6.46. The van der Waals surface area contributed by atoms with Crippen LogP contribution in [-0.2, 0) is 0 Å². The van der Waals surface area contributed by atoms with Crippen LogP contribution >= 0.6 is 0 Å². The summed E-state index contributed by atoms with van der Waals surface area (Å²) >= 11 is 0. The van der Waals surface area contributed by atoms with E-state index in [1.165, 1.54) is 6.07 Å². The highest BCUT2D eigenvalue weighted by Crippen LogP contribution is 2.25. The molecule has 0 spiro atoms. The molecule has 7 heteroatoms. The number of hydrazone groups is 1. The maximum atomic E-state index is 11.5. The number of rotatable bonds is 3. The van der Waals surface area contributed by atoms with E-state index in [9.17, 15) is 10.1 Å². The number of benzene rings is 1. The van der Waals surface area contributed by atoms with Crippen molar-refractivity contribution >= 4 is 28.2 Å². The molecule has 2 heterocycles. The monoisotopic (exact) mass is 351 g/mol. The fourth-order valence-corrected chi connectivity index (χ4v) is 3.10. The molecular formula is C19H21N5O2. The zero-order valence-corrected chi connectivity index (χ0v) is 14.9. The van der Waals surface area contributed by atoms with Gasteiger partial charge in [0.1, 0.15) is 11.7 Å². The van der Waals surface area contributed by atoms with Gasteiger partial charge < -0.3 is 9.32 Å². The van der Waals surface area contributed by atoms with Crippen LogP contribution in [0.4, 0.5) is 5.69 Å². The molecule has 0 bridgehead atoms. The Labute approximate surface area is 151 Å². The summed E-state index contributed by atoms with van der Waals surface area (Å²) in [4.78, 5) is 13.4. The summed E-state index contributed by atoms with van der Waals surface area (Å²) < 4.78 is 5.23. The molecule has 1 aromatic carbocycles. The van der Waals surface area contributed by atoms with Gasteiger partial charge in [-0.25, -0.2) is 4.79 Å². The van der Waals surface area contributed by atoms with Gasteiger partial charge in [-0.15, -0.1) is 0 Å². The Kier molecular flexibility index (Phi) is 5.03. The number of anilines is 1. The number of hydrogen-bond donors (Lipinski definition) is 2. The fourth-order valence-electron chi connectivity index (χ4n) is 3.10. The summed E-state index contributed by atoms with van der Waals surface area (Å²) in [6.45, 7) is 5.27. The maximum Gasteiger partial charge on any atom is 0.336 e. The van der Waals surface area contributed by atoms with Crippen LogP contribution in [0.15, 0.2) is 32.5 Å². The summed E-state index contributed by atoms with van der Waals surface area (Å²) in [7, 11) is 0. The van der Waals surface area contributed by atoms with Crippen molar-refractivity contribution in [2.24, 2.45) is 5.10 Å². The standard InChI is InChI=1S/C19H21N5O2/c1-12-9-18(25)26-17-8-13(2)15(10-14(12)17)22-23-16(11-20)19(21)24-6-4-3-5-7-24/h8-10,21-22H,3-7H2,1-2H3/b21-19?,23-16-. The first-order chi connectivity index (χ1) is 12.5. The molecule has 1 aliphatic heterocycles. The number of nitrogens with zero attached hydrogens (tertiary/aromatic N) is 3. The Morgan fingerprint density at radius 1 is 1.23 bits per heavy atom. The van der Waals surface area contributed by atoms with Gasteiger partial charge in [0.15, 0.2) is 5.84 Å². The lowest BCUT2D eigenvalue weighted by Crippen LogP contribution is -2.39. The summed E-state index contributed by atoms with van der Waals surface area (Å²) in [6, 6.07) is 7.05. The van der Waals surface area contributed by atoms with Crippen LogP contribution in [-0.4, -0.2) is 29.5 Å². The van der Waals surface area contributed by atoms with Crippen molar-refractivity contribution in [2.75, 3.05) is 18.5 Å². The van der Waals surface area contributed by atoms with Crippen LogP contribution in [0.25, 0.3) is 11.0 Å². The zero-order valence-electron chi connectivity index (χ0n) is 14.9. The lowest BCUT2D eigenvalue weighted by atomic mass is 10.1. The molecule has 0 amide bonds. The van der Waals surface area contributed by atoms with E-state index in [0.717, 1.165) is 48.9 Å². The first-order valence-corrected chi connectivity index (χ1v) is 8.62. The van der Waals surface area contributed by atoms with Crippen molar-refractivity contribution in [3.8, 4) is 6.07 Å². The summed E-state index contributed by atoms with van der Waals surface area (Å²) in [5.74, 6) is 0.153. The average Bonchev–Trinajstić information content (AvgIpc) is 2.63. The van der Waals surface area contributed by atoms with Gasteiger partial charge in [0.25, 0.3) is 0 Å². The molecule has 7 nitrogen and oxygen atoms in total. The second kappa shape index (κ2) is 7.40. The Morgan fingerprint density at radius 2 is 1.96 bits per heavy atom. The van der Waals surface area contributed by atoms with Crippen molar-refractivity contribution in [3.63, 3.8) is 0 Å². The predicted octanol–water partition coefficient (Wildman–Crippen LogP) is 3.16. The average molecular weight is 351 g/mol. The SMILES string of the molecule is Cc1cc2oc(=O)cc(C)c2cc1N/N=C(/C#N)C(=N)N1CCCCC1. The lowest BCUT2D eigenvalue weighted by Gasteiger charge is -2.27. The maximum absolute atomic E-state index is 11.5. The molecule has 134 valence electrons. The third-order valence-corrected chi connectivity index (χ3v) is 4.59. The first-order valence-electron chi connectivity index (χ1n) is 8.62.